The van der Waals surface area contributed by atoms with Crippen LogP contribution in [0.3, 0.4) is 0 Å². The van der Waals surface area contributed by atoms with Crippen molar-refractivity contribution in [3.8, 4) is 5.69 Å². The van der Waals surface area contributed by atoms with Gasteiger partial charge in [0.25, 0.3) is 0 Å². The number of anilines is 1. The number of rotatable bonds is 3. The van der Waals surface area contributed by atoms with Gasteiger partial charge in [0.1, 0.15) is 5.82 Å². The van der Waals surface area contributed by atoms with E-state index < -0.39 is 0 Å². The molecule has 0 spiro atoms. The molecule has 1 aliphatic rings. The van der Waals surface area contributed by atoms with Crippen molar-refractivity contribution in [3.05, 3.63) is 29.7 Å². The number of ketones is 1. The van der Waals surface area contributed by atoms with Crippen LogP contribution in [0.1, 0.15) is 42.9 Å². The van der Waals surface area contributed by atoms with Crippen molar-refractivity contribution in [1.29, 1.82) is 0 Å². The summed E-state index contributed by atoms with van der Waals surface area (Å²) in [7, 11) is 0. The number of pyridine rings is 1. The molecule has 1 aliphatic heterocycles. The largest absolute Gasteiger partial charge is 0.357 e. The van der Waals surface area contributed by atoms with Gasteiger partial charge in [0.05, 0.1) is 17.6 Å². The zero-order valence-electron chi connectivity index (χ0n) is 13.3. The van der Waals surface area contributed by atoms with E-state index in [1.165, 1.54) is 19.8 Å². The van der Waals surface area contributed by atoms with Gasteiger partial charge in [-0.1, -0.05) is 12.1 Å². The Morgan fingerprint density at radius 2 is 2.00 bits per heavy atom. The SMILES string of the molecule is CC(=O)c1nnn(-c2ccc(N3CCC(C)CC3)nc2)c1C. The fraction of sp³-hybridized carbons (Fsp3) is 0.500. The standard InChI is InChI=1S/C16H21N5O/c1-11-6-8-20(9-7-11)15-5-4-14(10-17-15)21-12(2)16(13(3)22)18-19-21/h4-5,10-11H,6-9H2,1-3H3. The molecule has 6 nitrogen and oxygen atoms in total. The van der Waals surface area contributed by atoms with Gasteiger partial charge < -0.3 is 4.90 Å². The van der Waals surface area contributed by atoms with Crippen LogP contribution in [0.4, 0.5) is 5.82 Å². The van der Waals surface area contributed by atoms with Crippen LogP contribution in [0.5, 0.6) is 0 Å². The average molecular weight is 299 g/mol. The summed E-state index contributed by atoms with van der Waals surface area (Å²) in [6, 6.07) is 3.99. The molecule has 3 rings (SSSR count). The Morgan fingerprint density at radius 3 is 2.55 bits per heavy atom. The summed E-state index contributed by atoms with van der Waals surface area (Å²) in [5.41, 5.74) is 1.98. The van der Waals surface area contributed by atoms with Crippen molar-refractivity contribution >= 4 is 11.6 Å². The monoisotopic (exact) mass is 299 g/mol. The number of nitrogens with zero attached hydrogens (tertiary/aromatic N) is 5. The molecule has 0 N–H and O–H groups in total. The molecule has 6 heteroatoms. The van der Waals surface area contributed by atoms with Crippen LogP contribution in [0.2, 0.25) is 0 Å². The Morgan fingerprint density at radius 1 is 1.27 bits per heavy atom. The molecule has 22 heavy (non-hydrogen) atoms. The van der Waals surface area contributed by atoms with Gasteiger partial charge in [0.15, 0.2) is 11.5 Å². The molecule has 3 heterocycles. The Kier molecular flexibility index (Phi) is 3.92. The molecule has 0 saturated carbocycles. The van der Waals surface area contributed by atoms with E-state index in [2.05, 4.69) is 27.1 Å². The summed E-state index contributed by atoms with van der Waals surface area (Å²) in [6.07, 6.45) is 4.22. The number of hydrogen-bond donors (Lipinski definition) is 0. The Balaban J connectivity index is 1.81. The van der Waals surface area contributed by atoms with Crippen molar-refractivity contribution in [2.45, 2.75) is 33.6 Å². The summed E-state index contributed by atoms with van der Waals surface area (Å²) in [4.78, 5) is 18.3. The quantitative estimate of drug-likeness (QED) is 0.814. The Hall–Kier alpha value is -2.24. The summed E-state index contributed by atoms with van der Waals surface area (Å²) in [5.74, 6) is 1.73. The zero-order valence-corrected chi connectivity index (χ0v) is 13.3. The van der Waals surface area contributed by atoms with Gasteiger partial charge in [0.2, 0.25) is 0 Å². The number of piperidine rings is 1. The topological polar surface area (TPSA) is 63.9 Å². The highest BCUT2D eigenvalue weighted by atomic mass is 16.1. The second kappa shape index (κ2) is 5.87. The highest BCUT2D eigenvalue weighted by molar-refractivity contribution is 5.93. The van der Waals surface area contributed by atoms with Crippen molar-refractivity contribution < 1.29 is 4.79 Å². The molecular formula is C16H21N5O. The minimum absolute atomic E-state index is 0.0734. The van der Waals surface area contributed by atoms with Gasteiger partial charge in [-0.3, -0.25) is 4.79 Å². The van der Waals surface area contributed by atoms with E-state index in [1.54, 1.807) is 10.9 Å². The zero-order chi connectivity index (χ0) is 15.7. The summed E-state index contributed by atoms with van der Waals surface area (Å²) >= 11 is 0. The molecule has 0 unspecified atom stereocenters. The third-order valence-electron chi connectivity index (χ3n) is 4.31. The lowest BCUT2D eigenvalue weighted by Gasteiger charge is -2.31. The molecule has 2 aromatic heterocycles. The predicted molar refractivity (Wildman–Crippen MR) is 84.5 cm³/mol. The molecule has 0 amide bonds. The lowest BCUT2D eigenvalue weighted by atomic mass is 9.99. The van der Waals surface area contributed by atoms with Gasteiger partial charge in [-0.15, -0.1) is 5.10 Å². The van der Waals surface area contributed by atoms with Crippen molar-refractivity contribution in [3.63, 3.8) is 0 Å². The van der Waals surface area contributed by atoms with E-state index in [-0.39, 0.29) is 5.78 Å². The van der Waals surface area contributed by atoms with Crippen LogP contribution in [-0.4, -0.2) is 38.9 Å². The first kappa shape index (κ1) is 14.7. The van der Waals surface area contributed by atoms with Crippen LogP contribution in [0, 0.1) is 12.8 Å². The molecule has 1 saturated heterocycles. The maximum Gasteiger partial charge on any atom is 0.181 e. The fourth-order valence-corrected chi connectivity index (χ4v) is 2.83. The minimum atomic E-state index is -0.0734. The first-order chi connectivity index (χ1) is 10.6. The molecule has 0 bridgehead atoms. The maximum atomic E-state index is 11.5. The number of carbonyl (C=O) groups is 1. The minimum Gasteiger partial charge on any atom is -0.357 e. The summed E-state index contributed by atoms with van der Waals surface area (Å²) < 4.78 is 1.66. The fourth-order valence-electron chi connectivity index (χ4n) is 2.83. The van der Waals surface area contributed by atoms with E-state index in [4.69, 9.17) is 0 Å². The average Bonchev–Trinajstić information content (AvgIpc) is 2.90. The van der Waals surface area contributed by atoms with Crippen molar-refractivity contribution in [2.75, 3.05) is 18.0 Å². The highest BCUT2D eigenvalue weighted by Crippen LogP contribution is 2.22. The third kappa shape index (κ3) is 2.73. The summed E-state index contributed by atoms with van der Waals surface area (Å²) in [6.45, 7) is 7.76. The number of aromatic nitrogens is 4. The van der Waals surface area contributed by atoms with E-state index in [0.717, 1.165) is 36.2 Å². The van der Waals surface area contributed by atoms with Gasteiger partial charge >= 0.3 is 0 Å². The van der Waals surface area contributed by atoms with E-state index in [0.29, 0.717) is 5.69 Å². The first-order valence-corrected chi connectivity index (χ1v) is 7.71. The van der Waals surface area contributed by atoms with Crippen molar-refractivity contribution in [1.82, 2.24) is 20.0 Å². The van der Waals surface area contributed by atoms with Gasteiger partial charge in [0, 0.05) is 20.0 Å². The summed E-state index contributed by atoms with van der Waals surface area (Å²) in [5, 5.41) is 7.99. The van der Waals surface area contributed by atoms with Gasteiger partial charge in [-0.25, -0.2) is 9.67 Å². The number of hydrogen-bond acceptors (Lipinski definition) is 5. The molecule has 0 atom stereocenters. The molecule has 0 radical (unpaired) electrons. The lowest BCUT2D eigenvalue weighted by molar-refractivity contribution is 0.101. The maximum absolute atomic E-state index is 11.5. The predicted octanol–water partition coefficient (Wildman–Crippen LogP) is 2.41. The van der Waals surface area contributed by atoms with E-state index in [9.17, 15) is 4.79 Å². The van der Waals surface area contributed by atoms with Crippen LogP contribution in [0.25, 0.3) is 5.69 Å². The van der Waals surface area contributed by atoms with E-state index >= 15 is 0 Å². The van der Waals surface area contributed by atoms with Crippen LogP contribution >= 0.6 is 0 Å². The first-order valence-electron chi connectivity index (χ1n) is 7.71. The number of carbonyl (C=O) groups excluding carboxylic acids is 1. The highest BCUT2D eigenvalue weighted by Gasteiger charge is 2.18. The van der Waals surface area contributed by atoms with Crippen LogP contribution in [0.15, 0.2) is 18.3 Å². The second-order valence-electron chi connectivity index (χ2n) is 6.04. The van der Waals surface area contributed by atoms with Crippen LogP contribution in [-0.2, 0) is 0 Å². The van der Waals surface area contributed by atoms with Crippen LogP contribution < -0.4 is 4.90 Å². The Bertz CT molecular complexity index is 668. The van der Waals surface area contributed by atoms with Crippen molar-refractivity contribution in [2.24, 2.45) is 5.92 Å². The smallest absolute Gasteiger partial charge is 0.181 e. The third-order valence-corrected chi connectivity index (χ3v) is 4.31. The van der Waals surface area contributed by atoms with E-state index in [1.807, 2.05) is 19.1 Å². The molecular weight excluding hydrogens is 278 g/mol. The molecule has 0 aromatic carbocycles. The molecule has 0 aliphatic carbocycles. The molecule has 116 valence electrons. The number of Topliss-reactive ketones (excluding diaryl/α,β-unsaturated/α-hetero) is 1. The Labute approximate surface area is 130 Å². The second-order valence-corrected chi connectivity index (χ2v) is 6.04. The lowest BCUT2D eigenvalue weighted by Crippen LogP contribution is -2.33. The van der Waals surface area contributed by atoms with Gasteiger partial charge in [-0.2, -0.15) is 0 Å². The van der Waals surface area contributed by atoms with Gasteiger partial charge in [-0.05, 0) is 37.8 Å². The molecule has 1 fully saturated rings. The molecule has 2 aromatic rings. The normalized spacial score (nSPS) is 16.0.